The molecule has 1 N–H and O–H groups in total. The van der Waals surface area contributed by atoms with Crippen molar-refractivity contribution in [3.05, 3.63) is 49.6 Å². The van der Waals surface area contributed by atoms with E-state index in [-0.39, 0.29) is 37.5 Å². The van der Waals surface area contributed by atoms with Crippen molar-refractivity contribution in [1.82, 2.24) is 4.90 Å². The van der Waals surface area contributed by atoms with Crippen LogP contribution in [-0.2, 0) is 23.9 Å². The predicted molar refractivity (Wildman–Crippen MR) is 137 cm³/mol. The molecule has 200 valence electrons. The number of amides is 2. The van der Waals surface area contributed by atoms with E-state index in [2.05, 4.69) is 13.2 Å². The first-order valence-electron chi connectivity index (χ1n) is 12.7. The molecular formula is C28H36N2O7. The average molecular weight is 513 g/mol. The Labute approximate surface area is 217 Å². The van der Waals surface area contributed by atoms with Gasteiger partial charge in [-0.25, -0.2) is 0 Å². The molecule has 2 bridgehead atoms. The molecule has 1 aromatic carbocycles. The van der Waals surface area contributed by atoms with Gasteiger partial charge in [0.25, 0.3) is 5.91 Å². The van der Waals surface area contributed by atoms with Gasteiger partial charge in [0.1, 0.15) is 24.0 Å². The number of aliphatic hydroxyl groups excluding tert-OH is 1. The average Bonchev–Trinajstić information content (AvgIpc) is 3.53. The summed E-state index contributed by atoms with van der Waals surface area (Å²) in [4.78, 5) is 44.6. The predicted octanol–water partition coefficient (Wildman–Crippen LogP) is 2.33. The number of hydrogen-bond acceptors (Lipinski definition) is 7. The fraction of sp³-hybridized carbons (Fsp3) is 0.536. The zero-order valence-corrected chi connectivity index (χ0v) is 21.7. The molecule has 3 heterocycles. The summed E-state index contributed by atoms with van der Waals surface area (Å²) in [6, 6.07) is 5.40. The zero-order chi connectivity index (χ0) is 26.9. The molecule has 0 radical (unpaired) electrons. The maximum atomic E-state index is 14.4. The van der Waals surface area contributed by atoms with E-state index in [0.29, 0.717) is 24.3 Å². The van der Waals surface area contributed by atoms with Gasteiger partial charge in [0.2, 0.25) is 5.91 Å². The van der Waals surface area contributed by atoms with Gasteiger partial charge in [-0.1, -0.05) is 32.6 Å². The number of likely N-dealkylation sites (tertiary alicyclic amines) is 1. The second-order valence-corrected chi connectivity index (χ2v) is 10.1. The maximum absolute atomic E-state index is 14.4. The lowest BCUT2D eigenvalue weighted by Crippen LogP contribution is -2.59. The number of fused-ring (bicyclic) bond motifs is 1. The van der Waals surface area contributed by atoms with E-state index < -0.39 is 41.6 Å². The van der Waals surface area contributed by atoms with Crippen LogP contribution in [0.4, 0.5) is 5.69 Å². The Hall–Kier alpha value is -3.17. The molecule has 4 rings (SSSR count). The van der Waals surface area contributed by atoms with Gasteiger partial charge in [-0.2, -0.15) is 0 Å². The Kier molecular flexibility index (Phi) is 7.75. The van der Waals surface area contributed by atoms with Gasteiger partial charge in [-0.3, -0.25) is 14.4 Å². The van der Waals surface area contributed by atoms with Crippen LogP contribution in [0.15, 0.2) is 49.6 Å². The van der Waals surface area contributed by atoms with Gasteiger partial charge in [-0.15, -0.1) is 6.58 Å². The van der Waals surface area contributed by atoms with Crippen molar-refractivity contribution in [3.8, 4) is 5.75 Å². The van der Waals surface area contributed by atoms with E-state index in [1.165, 1.54) is 11.0 Å². The van der Waals surface area contributed by atoms with Gasteiger partial charge in [0, 0.05) is 12.2 Å². The van der Waals surface area contributed by atoms with Crippen LogP contribution in [0, 0.1) is 17.8 Å². The number of methoxy groups -OCH3 is 1. The molecule has 1 spiro atoms. The lowest BCUT2D eigenvalue weighted by atomic mass is 9.70. The molecule has 0 aliphatic carbocycles. The van der Waals surface area contributed by atoms with Crippen LogP contribution in [0.2, 0.25) is 0 Å². The molecule has 3 fully saturated rings. The van der Waals surface area contributed by atoms with Crippen molar-refractivity contribution >= 4 is 23.5 Å². The van der Waals surface area contributed by atoms with Crippen molar-refractivity contribution in [3.63, 3.8) is 0 Å². The molecule has 9 heteroatoms. The molecule has 3 saturated heterocycles. The second kappa shape index (κ2) is 10.7. The molecule has 2 unspecified atom stereocenters. The SMILES string of the molecule is C=CCOC(=O)[C@@H]1[C@@H]2CCC3(O2)C(C(=O)N(CC=C)c2ccc(OC)cc2)N([C@@H](CO)C(C)C)C(=O)[C@H]13. The summed E-state index contributed by atoms with van der Waals surface area (Å²) in [6.45, 7) is 11.1. The number of carbonyl (C=O) groups excluding carboxylic acids is 3. The van der Waals surface area contributed by atoms with Crippen molar-refractivity contribution in [2.24, 2.45) is 17.8 Å². The maximum Gasteiger partial charge on any atom is 0.312 e. The smallest absolute Gasteiger partial charge is 0.312 e. The van der Waals surface area contributed by atoms with Crippen molar-refractivity contribution in [2.45, 2.75) is 50.5 Å². The first kappa shape index (κ1) is 26.9. The van der Waals surface area contributed by atoms with E-state index in [9.17, 15) is 19.5 Å². The lowest BCUT2D eigenvalue weighted by Gasteiger charge is -2.40. The summed E-state index contributed by atoms with van der Waals surface area (Å²) in [5.74, 6) is -2.42. The first-order chi connectivity index (χ1) is 17.7. The molecular weight excluding hydrogens is 476 g/mol. The van der Waals surface area contributed by atoms with E-state index in [1.807, 2.05) is 13.8 Å². The van der Waals surface area contributed by atoms with E-state index >= 15 is 0 Å². The molecule has 3 aliphatic heterocycles. The van der Waals surface area contributed by atoms with Crippen molar-refractivity contribution in [2.75, 3.05) is 31.8 Å². The van der Waals surface area contributed by atoms with Crippen LogP contribution in [-0.4, -0.2) is 78.4 Å². The van der Waals surface area contributed by atoms with Crippen LogP contribution >= 0.6 is 0 Å². The highest BCUT2D eigenvalue weighted by atomic mass is 16.6. The van der Waals surface area contributed by atoms with Gasteiger partial charge in [-0.05, 0) is 43.0 Å². The number of anilines is 1. The summed E-state index contributed by atoms with van der Waals surface area (Å²) in [5.41, 5.74) is -0.581. The molecule has 6 atom stereocenters. The lowest BCUT2D eigenvalue weighted by molar-refractivity contribution is -0.155. The van der Waals surface area contributed by atoms with Gasteiger partial charge < -0.3 is 29.1 Å². The zero-order valence-electron chi connectivity index (χ0n) is 21.7. The monoisotopic (exact) mass is 512 g/mol. The Bertz CT molecular complexity index is 1060. The fourth-order valence-electron chi connectivity index (χ4n) is 6.21. The Morgan fingerprint density at radius 1 is 1.27 bits per heavy atom. The minimum absolute atomic E-state index is 0.0257. The number of carbonyl (C=O) groups is 3. The molecule has 1 aromatic rings. The highest BCUT2D eigenvalue weighted by Crippen LogP contribution is 2.59. The van der Waals surface area contributed by atoms with Crippen molar-refractivity contribution in [1.29, 1.82) is 0 Å². The van der Waals surface area contributed by atoms with Crippen LogP contribution in [0.5, 0.6) is 5.75 Å². The fourth-order valence-corrected chi connectivity index (χ4v) is 6.21. The third-order valence-electron chi connectivity index (χ3n) is 7.86. The van der Waals surface area contributed by atoms with E-state index in [4.69, 9.17) is 14.2 Å². The number of ether oxygens (including phenoxy) is 3. The quantitative estimate of drug-likeness (QED) is 0.358. The summed E-state index contributed by atoms with van der Waals surface area (Å²) < 4.78 is 17.0. The van der Waals surface area contributed by atoms with Gasteiger partial charge in [0.15, 0.2) is 0 Å². The number of benzene rings is 1. The van der Waals surface area contributed by atoms with Crippen LogP contribution in [0.1, 0.15) is 26.7 Å². The normalized spacial score (nSPS) is 28.7. The number of esters is 1. The molecule has 9 nitrogen and oxygen atoms in total. The molecule has 37 heavy (non-hydrogen) atoms. The molecule has 2 amide bonds. The minimum atomic E-state index is -1.19. The number of nitrogens with zero attached hydrogens (tertiary/aromatic N) is 2. The van der Waals surface area contributed by atoms with Gasteiger partial charge >= 0.3 is 5.97 Å². The van der Waals surface area contributed by atoms with Crippen LogP contribution in [0.25, 0.3) is 0 Å². The summed E-state index contributed by atoms with van der Waals surface area (Å²) in [7, 11) is 1.56. The van der Waals surface area contributed by atoms with Gasteiger partial charge in [0.05, 0.1) is 37.7 Å². The molecule has 3 aliphatic rings. The summed E-state index contributed by atoms with van der Waals surface area (Å²) >= 11 is 0. The highest BCUT2D eigenvalue weighted by Gasteiger charge is 2.75. The Balaban J connectivity index is 1.80. The second-order valence-electron chi connectivity index (χ2n) is 10.1. The number of aliphatic hydroxyl groups is 1. The van der Waals surface area contributed by atoms with Crippen LogP contribution in [0.3, 0.4) is 0 Å². The minimum Gasteiger partial charge on any atom is -0.497 e. The van der Waals surface area contributed by atoms with Crippen LogP contribution < -0.4 is 9.64 Å². The standard InChI is InChI=1S/C28H36N2O7/c1-6-14-29(18-8-10-19(35-5)11-9-18)26(33)24-28-13-12-21(37-28)22(27(34)36-15-7-2)23(28)25(32)30(24)20(16-31)17(3)4/h6-11,17,20-24,31H,1-2,12-16H2,3-5H3/t20-,21-,22+,23-,24?,28?/m0/s1. The van der Waals surface area contributed by atoms with E-state index in [1.54, 1.807) is 42.4 Å². The Morgan fingerprint density at radius 2 is 1.97 bits per heavy atom. The first-order valence-corrected chi connectivity index (χ1v) is 12.7. The Morgan fingerprint density at radius 3 is 2.54 bits per heavy atom. The third-order valence-corrected chi connectivity index (χ3v) is 7.86. The largest absolute Gasteiger partial charge is 0.497 e. The van der Waals surface area contributed by atoms with Crippen molar-refractivity contribution < 1.29 is 33.7 Å². The molecule has 0 saturated carbocycles. The summed E-state index contributed by atoms with van der Waals surface area (Å²) in [6.07, 6.45) is 3.56. The highest BCUT2D eigenvalue weighted by molar-refractivity contribution is 6.04. The number of hydrogen-bond donors (Lipinski definition) is 1. The summed E-state index contributed by atoms with van der Waals surface area (Å²) in [5, 5.41) is 10.3. The third kappa shape index (κ3) is 4.34. The number of rotatable bonds is 11. The molecule has 0 aromatic heterocycles. The van der Waals surface area contributed by atoms with E-state index in [0.717, 1.165) is 0 Å². The topological polar surface area (TPSA) is 106 Å².